The third-order valence-electron chi connectivity index (χ3n) is 2.39. The van der Waals surface area contributed by atoms with Crippen LogP contribution in [0, 0.1) is 5.82 Å². The van der Waals surface area contributed by atoms with Gasteiger partial charge in [0.25, 0.3) is 5.91 Å². The predicted molar refractivity (Wildman–Crippen MR) is 65.5 cm³/mol. The molecular formula is C13H9FN2O3. The number of pyridine rings is 1. The molecule has 19 heavy (non-hydrogen) atoms. The van der Waals surface area contributed by atoms with Gasteiger partial charge in [0, 0.05) is 11.8 Å². The first-order valence-electron chi connectivity index (χ1n) is 5.32. The Morgan fingerprint density at radius 1 is 1.26 bits per heavy atom. The average Bonchev–Trinajstić information content (AvgIpc) is 2.39. The van der Waals surface area contributed by atoms with Gasteiger partial charge in [-0.15, -0.1) is 0 Å². The summed E-state index contributed by atoms with van der Waals surface area (Å²) in [6.45, 7) is 0. The highest BCUT2D eigenvalue weighted by atomic mass is 19.1. The van der Waals surface area contributed by atoms with Crippen LogP contribution in [0.15, 0.2) is 42.7 Å². The average molecular weight is 260 g/mol. The number of carboxylic acids is 1. The lowest BCUT2D eigenvalue weighted by atomic mass is 10.2. The Morgan fingerprint density at radius 2 is 2.05 bits per heavy atom. The standard InChI is InChI=1S/C13H9FN2O3/c14-9-3-1-2-8(6-9)12(17)16-11-7-15-5-4-10(11)13(18)19/h1-7H,(H,16,17)(H,18,19). The number of amides is 1. The maximum atomic E-state index is 13.0. The number of carbonyl (C=O) groups is 2. The second-order valence-electron chi connectivity index (χ2n) is 3.69. The highest BCUT2D eigenvalue weighted by Crippen LogP contribution is 2.15. The molecule has 1 amide bonds. The van der Waals surface area contributed by atoms with Crippen LogP contribution in [0.5, 0.6) is 0 Å². The molecule has 5 nitrogen and oxygen atoms in total. The van der Waals surface area contributed by atoms with Crippen molar-refractivity contribution in [2.75, 3.05) is 5.32 Å². The molecular weight excluding hydrogens is 251 g/mol. The van der Waals surface area contributed by atoms with Gasteiger partial charge in [0.05, 0.1) is 17.4 Å². The minimum Gasteiger partial charge on any atom is -0.478 e. The molecule has 1 heterocycles. The number of benzene rings is 1. The van der Waals surface area contributed by atoms with Crippen LogP contribution < -0.4 is 5.32 Å². The summed E-state index contributed by atoms with van der Waals surface area (Å²) >= 11 is 0. The van der Waals surface area contributed by atoms with Gasteiger partial charge in [-0.05, 0) is 24.3 Å². The molecule has 0 aliphatic rings. The monoisotopic (exact) mass is 260 g/mol. The molecule has 0 aliphatic carbocycles. The van der Waals surface area contributed by atoms with E-state index >= 15 is 0 Å². The van der Waals surface area contributed by atoms with Crippen molar-refractivity contribution in [3.63, 3.8) is 0 Å². The topological polar surface area (TPSA) is 79.3 Å². The Hall–Kier alpha value is -2.76. The summed E-state index contributed by atoms with van der Waals surface area (Å²) in [7, 11) is 0. The number of nitrogens with zero attached hydrogens (tertiary/aromatic N) is 1. The number of hydrogen-bond donors (Lipinski definition) is 2. The number of hydrogen-bond acceptors (Lipinski definition) is 3. The van der Waals surface area contributed by atoms with Crippen LogP contribution in [0.2, 0.25) is 0 Å². The van der Waals surface area contributed by atoms with Gasteiger partial charge in [-0.1, -0.05) is 6.07 Å². The van der Waals surface area contributed by atoms with Crippen molar-refractivity contribution in [1.82, 2.24) is 4.98 Å². The molecule has 0 saturated heterocycles. The minimum absolute atomic E-state index is 0.0595. The van der Waals surface area contributed by atoms with Crippen LogP contribution in [0.3, 0.4) is 0 Å². The fourth-order valence-corrected chi connectivity index (χ4v) is 1.50. The molecule has 2 N–H and O–H groups in total. The van der Waals surface area contributed by atoms with Gasteiger partial charge in [0.1, 0.15) is 5.82 Å². The molecule has 0 saturated carbocycles. The first-order valence-corrected chi connectivity index (χ1v) is 5.32. The Morgan fingerprint density at radius 3 is 2.74 bits per heavy atom. The summed E-state index contributed by atoms with van der Waals surface area (Å²) in [6, 6.07) is 6.36. The van der Waals surface area contributed by atoms with E-state index in [-0.39, 0.29) is 16.8 Å². The van der Waals surface area contributed by atoms with E-state index in [9.17, 15) is 14.0 Å². The molecule has 0 unspecified atom stereocenters. The van der Waals surface area contributed by atoms with E-state index in [4.69, 9.17) is 5.11 Å². The van der Waals surface area contributed by atoms with Crippen LogP contribution >= 0.6 is 0 Å². The smallest absolute Gasteiger partial charge is 0.337 e. The van der Waals surface area contributed by atoms with E-state index in [0.717, 1.165) is 6.07 Å². The van der Waals surface area contributed by atoms with Gasteiger partial charge in [0.15, 0.2) is 0 Å². The van der Waals surface area contributed by atoms with Crippen LogP contribution in [0.1, 0.15) is 20.7 Å². The minimum atomic E-state index is -1.18. The summed E-state index contributed by atoms with van der Waals surface area (Å²) in [5.74, 6) is -2.33. The lowest BCUT2D eigenvalue weighted by Gasteiger charge is -2.07. The summed E-state index contributed by atoms with van der Waals surface area (Å²) in [5, 5.41) is 11.3. The number of aromatic nitrogens is 1. The van der Waals surface area contributed by atoms with Crippen molar-refractivity contribution in [3.05, 3.63) is 59.7 Å². The number of aromatic carboxylic acids is 1. The molecule has 1 aromatic heterocycles. The molecule has 0 radical (unpaired) electrons. The van der Waals surface area contributed by atoms with Crippen molar-refractivity contribution in [2.24, 2.45) is 0 Å². The maximum absolute atomic E-state index is 13.0. The molecule has 0 bridgehead atoms. The largest absolute Gasteiger partial charge is 0.478 e. The van der Waals surface area contributed by atoms with Gasteiger partial charge >= 0.3 is 5.97 Å². The zero-order chi connectivity index (χ0) is 13.8. The summed E-state index contributed by atoms with van der Waals surface area (Å²) < 4.78 is 13.0. The molecule has 1 aromatic carbocycles. The van der Waals surface area contributed by atoms with Crippen molar-refractivity contribution < 1.29 is 19.1 Å². The number of halogens is 1. The van der Waals surface area contributed by atoms with E-state index in [0.29, 0.717) is 0 Å². The molecule has 2 aromatic rings. The molecule has 2 rings (SSSR count). The number of nitrogens with one attached hydrogen (secondary N) is 1. The Bertz CT molecular complexity index is 643. The van der Waals surface area contributed by atoms with Crippen molar-refractivity contribution >= 4 is 17.6 Å². The highest BCUT2D eigenvalue weighted by molar-refractivity contribution is 6.07. The predicted octanol–water partition coefficient (Wildman–Crippen LogP) is 2.17. The molecule has 0 atom stereocenters. The lowest BCUT2D eigenvalue weighted by molar-refractivity contribution is 0.0698. The second kappa shape index (κ2) is 5.26. The number of carbonyl (C=O) groups excluding carboxylic acids is 1. The van der Waals surface area contributed by atoms with E-state index in [1.807, 2.05) is 0 Å². The van der Waals surface area contributed by atoms with E-state index in [1.54, 1.807) is 0 Å². The summed E-state index contributed by atoms with van der Waals surface area (Å²) in [5.41, 5.74) is 0.0733. The molecule has 0 spiro atoms. The first-order chi connectivity index (χ1) is 9.08. The van der Waals surface area contributed by atoms with E-state index in [1.165, 1.54) is 36.7 Å². The van der Waals surface area contributed by atoms with Gasteiger partial charge < -0.3 is 10.4 Å². The van der Waals surface area contributed by atoms with Gasteiger partial charge in [-0.3, -0.25) is 9.78 Å². The lowest BCUT2D eigenvalue weighted by Crippen LogP contribution is -2.15. The first kappa shape index (κ1) is 12.7. The number of carboxylic acid groups (broad SMARTS) is 1. The SMILES string of the molecule is O=C(Nc1cnccc1C(=O)O)c1cccc(F)c1. The Labute approximate surface area is 107 Å². The normalized spacial score (nSPS) is 9.95. The molecule has 96 valence electrons. The molecule has 0 fully saturated rings. The molecule has 6 heteroatoms. The third-order valence-corrected chi connectivity index (χ3v) is 2.39. The van der Waals surface area contributed by atoms with E-state index < -0.39 is 17.7 Å². The van der Waals surface area contributed by atoms with Crippen LogP contribution in [0.4, 0.5) is 10.1 Å². The Balaban J connectivity index is 2.27. The van der Waals surface area contributed by atoms with Crippen molar-refractivity contribution in [3.8, 4) is 0 Å². The fraction of sp³-hybridized carbons (Fsp3) is 0. The van der Waals surface area contributed by atoms with Crippen LogP contribution in [-0.4, -0.2) is 22.0 Å². The zero-order valence-corrected chi connectivity index (χ0v) is 9.63. The zero-order valence-electron chi connectivity index (χ0n) is 9.63. The van der Waals surface area contributed by atoms with Crippen LogP contribution in [0.25, 0.3) is 0 Å². The van der Waals surface area contributed by atoms with Crippen LogP contribution in [-0.2, 0) is 0 Å². The summed E-state index contributed by atoms with van der Waals surface area (Å²) in [6.07, 6.45) is 2.53. The maximum Gasteiger partial charge on any atom is 0.337 e. The van der Waals surface area contributed by atoms with Gasteiger partial charge in [-0.2, -0.15) is 0 Å². The third kappa shape index (κ3) is 2.92. The van der Waals surface area contributed by atoms with Gasteiger partial charge in [-0.25, -0.2) is 9.18 Å². The second-order valence-corrected chi connectivity index (χ2v) is 3.69. The quantitative estimate of drug-likeness (QED) is 0.886. The number of rotatable bonds is 3. The van der Waals surface area contributed by atoms with Crippen molar-refractivity contribution in [1.29, 1.82) is 0 Å². The number of anilines is 1. The summed E-state index contributed by atoms with van der Waals surface area (Å²) in [4.78, 5) is 26.5. The highest BCUT2D eigenvalue weighted by Gasteiger charge is 2.13. The Kier molecular flexibility index (Phi) is 3.51. The molecule has 0 aliphatic heterocycles. The van der Waals surface area contributed by atoms with E-state index in [2.05, 4.69) is 10.3 Å². The fourth-order valence-electron chi connectivity index (χ4n) is 1.50. The van der Waals surface area contributed by atoms with Crippen molar-refractivity contribution in [2.45, 2.75) is 0 Å². The van der Waals surface area contributed by atoms with Gasteiger partial charge in [0.2, 0.25) is 0 Å².